The molecule has 0 amide bonds. The van der Waals surface area contributed by atoms with Gasteiger partial charge in [0.2, 0.25) is 10.0 Å². The summed E-state index contributed by atoms with van der Waals surface area (Å²) in [6.45, 7) is 0.208. The van der Waals surface area contributed by atoms with Crippen molar-refractivity contribution in [3.63, 3.8) is 0 Å². The Balaban J connectivity index is 1.79. The summed E-state index contributed by atoms with van der Waals surface area (Å²) >= 11 is 5.70. The fourth-order valence-electron chi connectivity index (χ4n) is 1.75. The predicted molar refractivity (Wildman–Crippen MR) is 83.1 cm³/mol. The van der Waals surface area contributed by atoms with Gasteiger partial charge in [0.15, 0.2) is 11.6 Å². The van der Waals surface area contributed by atoms with Crippen LogP contribution in [0.1, 0.15) is 6.42 Å². The van der Waals surface area contributed by atoms with Gasteiger partial charge in [0.05, 0.1) is 11.5 Å². The number of halogens is 3. The standard InChI is InChI=1S/C15H14ClF2NO3S/c16-11-2-5-13(6-3-11)23(20,21)19-8-1-9-22-15-7-4-12(17)10-14(15)18/h2-7,10,19H,1,8-9H2. The molecule has 0 radical (unpaired) electrons. The van der Waals surface area contributed by atoms with Crippen LogP contribution in [0.25, 0.3) is 0 Å². The average molecular weight is 362 g/mol. The minimum atomic E-state index is -3.62. The molecule has 0 heterocycles. The SMILES string of the molecule is O=S(=O)(NCCCOc1ccc(F)cc1F)c1ccc(Cl)cc1. The average Bonchev–Trinajstić information content (AvgIpc) is 2.49. The van der Waals surface area contributed by atoms with Crippen molar-refractivity contribution in [2.24, 2.45) is 0 Å². The molecule has 4 nitrogen and oxygen atoms in total. The second kappa shape index (κ2) is 7.72. The van der Waals surface area contributed by atoms with Crippen molar-refractivity contribution in [2.75, 3.05) is 13.2 Å². The van der Waals surface area contributed by atoms with E-state index >= 15 is 0 Å². The Morgan fingerprint density at radius 3 is 2.43 bits per heavy atom. The van der Waals surface area contributed by atoms with Crippen molar-refractivity contribution in [1.29, 1.82) is 0 Å². The highest BCUT2D eigenvalue weighted by molar-refractivity contribution is 7.89. The Labute approximate surface area is 138 Å². The maximum atomic E-state index is 13.3. The van der Waals surface area contributed by atoms with Crippen molar-refractivity contribution in [1.82, 2.24) is 4.72 Å². The summed E-state index contributed by atoms with van der Waals surface area (Å²) in [6.07, 6.45) is 0.323. The molecule has 0 spiro atoms. The number of sulfonamides is 1. The molecule has 0 saturated carbocycles. The van der Waals surface area contributed by atoms with Crippen molar-refractivity contribution in [3.05, 3.63) is 59.1 Å². The summed E-state index contributed by atoms with van der Waals surface area (Å²) in [5.41, 5.74) is 0. The largest absolute Gasteiger partial charge is 0.490 e. The smallest absolute Gasteiger partial charge is 0.240 e. The molecule has 0 aliphatic heterocycles. The Morgan fingerprint density at radius 1 is 1.09 bits per heavy atom. The van der Waals surface area contributed by atoms with Crippen LogP contribution in [0.5, 0.6) is 5.75 Å². The van der Waals surface area contributed by atoms with Crippen molar-refractivity contribution < 1.29 is 21.9 Å². The fraction of sp³-hybridized carbons (Fsp3) is 0.200. The van der Waals surface area contributed by atoms with Gasteiger partial charge in [-0.25, -0.2) is 21.9 Å². The monoisotopic (exact) mass is 361 g/mol. The maximum Gasteiger partial charge on any atom is 0.240 e. The normalized spacial score (nSPS) is 11.4. The zero-order valence-electron chi connectivity index (χ0n) is 11.9. The summed E-state index contributed by atoms with van der Waals surface area (Å²) in [5, 5.41) is 0.443. The molecule has 0 aliphatic rings. The zero-order chi connectivity index (χ0) is 16.9. The Hall–Kier alpha value is -1.70. The molecule has 2 rings (SSSR count). The molecule has 0 saturated heterocycles. The lowest BCUT2D eigenvalue weighted by molar-refractivity contribution is 0.295. The van der Waals surface area contributed by atoms with Gasteiger partial charge in [0.1, 0.15) is 5.82 Å². The highest BCUT2D eigenvalue weighted by atomic mass is 35.5. The van der Waals surface area contributed by atoms with E-state index < -0.39 is 21.7 Å². The van der Waals surface area contributed by atoms with Crippen LogP contribution in [0.2, 0.25) is 5.02 Å². The molecule has 0 atom stereocenters. The second-order valence-corrected chi connectivity index (χ2v) is 6.83. The van der Waals surface area contributed by atoms with Crippen molar-refractivity contribution in [2.45, 2.75) is 11.3 Å². The van der Waals surface area contributed by atoms with Crippen LogP contribution in [-0.2, 0) is 10.0 Å². The summed E-state index contributed by atoms with van der Waals surface area (Å²) in [4.78, 5) is 0.104. The van der Waals surface area contributed by atoms with Crippen molar-refractivity contribution >= 4 is 21.6 Å². The molecule has 2 aromatic rings. The predicted octanol–water partition coefficient (Wildman–Crippen LogP) is 3.37. The van der Waals surface area contributed by atoms with E-state index in [0.29, 0.717) is 11.4 Å². The third-order valence-corrected chi connectivity index (χ3v) is 4.62. The zero-order valence-corrected chi connectivity index (χ0v) is 13.5. The number of ether oxygens (including phenoxy) is 1. The summed E-state index contributed by atoms with van der Waals surface area (Å²) < 4.78 is 57.5. The summed E-state index contributed by atoms with van der Waals surface area (Å²) in [5.74, 6) is -1.57. The summed E-state index contributed by atoms with van der Waals surface area (Å²) in [6, 6.07) is 8.75. The van der Waals surface area contributed by atoms with Crippen LogP contribution in [0, 0.1) is 11.6 Å². The van der Waals surface area contributed by atoms with Gasteiger partial charge >= 0.3 is 0 Å². The van der Waals surface area contributed by atoms with E-state index in [1.54, 1.807) is 0 Å². The minimum absolute atomic E-state index is 0.0769. The third-order valence-electron chi connectivity index (χ3n) is 2.89. The molecule has 8 heteroatoms. The molecule has 2 aromatic carbocycles. The van der Waals surface area contributed by atoms with E-state index in [1.165, 1.54) is 30.3 Å². The number of benzene rings is 2. The molecule has 0 bridgehead atoms. The van der Waals surface area contributed by atoms with Crippen LogP contribution in [0.15, 0.2) is 47.4 Å². The van der Waals surface area contributed by atoms with Gasteiger partial charge in [-0.2, -0.15) is 0 Å². The highest BCUT2D eigenvalue weighted by Crippen LogP contribution is 2.17. The number of hydrogen-bond donors (Lipinski definition) is 1. The van der Waals surface area contributed by atoms with E-state index in [9.17, 15) is 17.2 Å². The van der Waals surface area contributed by atoms with E-state index in [4.69, 9.17) is 16.3 Å². The third kappa shape index (κ3) is 5.16. The lowest BCUT2D eigenvalue weighted by atomic mass is 10.3. The van der Waals surface area contributed by atoms with Gasteiger partial charge in [-0.1, -0.05) is 11.6 Å². The van der Waals surface area contributed by atoms with Crippen molar-refractivity contribution in [3.8, 4) is 5.75 Å². The molecule has 124 valence electrons. The van der Waals surface area contributed by atoms with E-state index in [2.05, 4.69) is 4.72 Å². The van der Waals surface area contributed by atoms with Gasteiger partial charge < -0.3 is 4.74 Å². The molecule has 0 aromatic heterocycles. The van der Waals surface area contributed by atoms with E-state index in [-0.39, 0.29) is 23.8 Å². The first-order chi connectivity index (χ1) is 10.9. The number of hydrogen-bond acceptors (Lipinski definition) is 3. The lowest BCUT2D eigenvalue weighted by Crippen LogP contribution is -2.25. The lowest BCUT2D eigenvalue weighted by Gasteiger charge is -2.09. The summed E-state index contributed by atoms with van der Waals surface area (Å²) in [7, 11) is -3.62. The van der Waals surface area contributed by atoms with E-state index in [0.717, 1.165) is 12.1 Å². The first kappa shape index (κ1) is 17.7. The minimum Gasteiger partial charge on any atom is -0.490 e. The maximum absolute atomic E-state index is 13.3. The van der Waals surface area contributed by atoms with Crippen LogP contribution in [0.3, 0.4) is 0 Å². The van der Waals surface area contributed by atoms with Crippen LogP contribution >= 0.6 is 11.6 Å². The highest BCUT2D eigenvalue weighted by Gasteiger charge is 2.13. The number of nitrogens with one attached hydrogen (secondary N) is 1. The Morgan fingerprint density at radius 2 is 1.78 bits per heavy atom. The van der Waals surface area contributed by atoms with Gasteiger partial charge in [-0.05, 0) is 42.8 Å². The second-order valence-electron chi connectivity index (χ2n) is 4.63. The molecule has 23 heavy (non-hydrogen) atoms. The van der Waals surface area contributed by atoms with Crippen LogP contribution < -0.4 is 9.46 Å². The van der Waals surface area contributed by atoms with Gasteiger partial charge in [0.25, 0.3) is 0 Å². The first-order valence-corrected chi connectivity index (χ1v) is 8.58. The quantitative estimate of drug-likeness (QED) is 0.769. The molecular formula is C15H14ClF2NO3S. The topological polar surface area (TPSA) is 55.4 Å². The van der Waals surface area contributed by atoms with Crippen LogP contribution in [0.4, 0.5) is 8.78 Å². The molecule has 0 unspecified atom stereocenters. The van der Waals surface area contributed by atoms with Crippen LogP contribution in [-0.4, -0.2) is 21.6 Å². The fourth-order valence-corrected chi connectivity index (χ4v) is 2.95. The first-order valence-electron chi connectivity index (χ1n) is 6.71. The molecule has 1 N–H and O–H groups in total. The van der Waals surface area contributed by atoms with Gasteiger partial charge in [-0.15, -0.1) is 0 Å². The molecular weight excluding hydrogens is 348 g/mol. The molecule has 0 aliphatic carbocycles. The van der Waals surface area contributed by atoms with E-state index in [1.807, 2.05) is 0 Å². The van der Waals surface area contributed by atoms with Gasteiger partial charge in [-0.3, -0.25) is 0 Å². The van der Waals surface area contributed by atoms with Gasteiger partial charge in [0, 0.05) is 17.6 Å². The molecule has 0 fully saturated rings. The Bertz CT molecular complexity index is 767. The Kier molecular flexibility index (Phi) is 5.92. The number of rotatable bonds is 7.